The first-order valence-electron chi connectivity index (χ1n) is 8.51. The minimum atomic E-state index is -1.11. The van der Waals surface area contributed by atoms with Crippen LogP contribution >= 0.6 is 0 Å². The molecular weight excluding hydrogens is 321 g/mol. The molecule has 132 valence electrons. The van der Waals surface area contributed by atoms with Crippen molar-refractivity contribution >= 4 is 5.91 Å². The van der Waals surface area contributed by atoms with Crippen LogP contribution in [0.2, 0.25) is 0 Å². The summed E-state index contributed by atoms with van der Waals surface area (Å²) in [5, 5.41) is 10.2. The SMILES string of the molecule is O=C([C@H](O)c1ccccc1)N1CCC(OCc2ccc(F)cc2)CC1. The first-order chi connectivity index (χ1) is 12.1. The van der Waals surface area contributed by atoms with E-state index in [1.807, 2.05) is 6.07 Å². The monoisotopic (exact) mass is 343 g/mol. The van der Waals surface area contributed by atoms with Crippen molar-refractivity contribution in [3.05, 3.63) is 71.5 Å². The fraction of sp³-hybridized carbons (Fsp3) is 0.350. The van der Waals surface area contributed by atoms with Gasteiger partial charge in [-0.15, -0.1) is 0 Å². The average Bonchev–Trinajstić information content (AvgIpc) is 2.67. The second-order valence-corrected chi connectivity index (χ2v) is 6.28. The Balaban J connectivity index is 1.46. The molecule has 2 aromatic rings. The molecule has 1 heterocycles. The molecular formula is C20H22FNO3. The van der Waals surface area contributed by atoms with Crippen molar-refractivity contribution in [3.63, 3.8) is 0 Å². The molecule has 0 saturated carbocycles. The molecule has 25 heavy (non-hydrogen) atoms. The summed E-state index contributed by atoms with van der Waals surface area (Å²) in [7, 11) is 0. The number of carbonyl (C=O) groups is 1. The molecule has 0 bridgehead atoms. The van der Waals surface area contributed by atoms with Gasteiger partial charge in [0, 0.05) is 13.1 Å². The lowest BCUT2D eigenvalue weighted by Gasteiger charge is -2.33. The standard InChI is InChI=1S/C20H22FNO3/c21-17-8-6-15(7-9-17)14-25-18-10-12-22(13-11-18)20(24)19(23)16-4-2-1-3-5-16/h1-9,18-19,23H,10-14H2/t19-/m1/s1. The topological polar surface area (TPSA) is 49.8 Å². The lowest BCUT2D eigenvalue weighted by molar-refractivity contribution is -0.143. The number of likely N-dealkylation sites (tertiary alicyclic amines) is 1. The van der Waals surface area contributed by atoms with Crippen molar-refractivity contribution in [2.24, 2.45) is 0 Å². The molecule has 0 aliphatic carbocycles. The number of hydrogen-bond acceptors (Lipinski definition) is 3. The minimum Gasteiger partial charge on any atom is -0.378 e. The average molecular weight is 343 g/mol. The molecule has 1 aliphatic heterocycles. The molecule has 1 N–H and O–H groups in total. The molecule has 2 aromatic carbocycles. The predicted octanol–water partition coefficient (Wildman–Crippen LogP) is 3.07. The Labute approximate surface area is 146 Å². The van der Waals surface area contributed by atoms with Gasteiger partial charge in [-0.25, -0.2) is 4.39 Å². The summed E-state index contributed by atoms with van der Waals surface area (Å²) in [4.78, 5) is 14.1. The van der Waals surface area contributed by atoms with Gasteiger partial charge in [0.1, 0.15) is 5.82 Å². The third-order valence-corrected chi connectivity index (χ3v) is 4.50. The number of piperidine rings is 1. The molecule has 1 amide bonds. The predicted molar refractivity (Wildman–Crippen MR) is 92.2 cm³/mol. The van der Waals surface area contributed by atoms with E-state index in [2.05, 4.69) is 0 Å². The van der Waals surface area contributed by atoms with E-state index in [-0.39, 0.29) is 17.8 Å². The normalized spacial score (nSPS) is 16.6. The Morgan fingerprint density at radius 1 is 1.12 bits per heavy atom. The summed E-state index contributed by atoms with van der Waals surface area (Å²) >= 11 is 0. The van der Waals surface area contributed by atoms with Crippen LogP contribution in [0.1, 0.15) is 30.1 Å². The van der Waals surface area contributed by atoms with E-state index in [1.54, 1.807) is 41.3 Å². The van der Waals surface area contributed by atoms with Crippen molar-refractivity contribution in [2.45, 2.75) is 31.7 Å². The molecule has 4 nitrogen and oxygen atoms in total. The van der Waals surface area contributed by atoms with Crippen molar-refractivity contribution < 1.29 is 19.0 Å². The van der Waals surface area contributed by atoms with Crippen LogP contribution in [0.25, 0.3) is 0 Å². The molecule has 0 aromatic heterocycles. The Bertz CT molecular complexity index is 682. The van der Waals surface area contributed by atoms with Crippen LogP contribution in [0.4, 0.5) is 4.39 Å². The number of aliphatic hydroxyl groups excluding tert-OH is 1. The largest absolute Gasteiger partial charge is 0.378 e. The number of aliphatic hydroxyl groups is 1. The van der Waals surface area contributed by atoms with E-state index >= 15 is 0 Å². The highest BCUT2D eigenvalue weighted by Crippen LogP contribution is 2.21. The zero-order chi connectivity index (χ0) is 17.6. The Morgan fingerprint density at radius 2 is 1.76 bits per heavy atom. The maximum Gasteiger partial charge on any atom is 0.256 e. The van der Waals surface area contributed by atoms with Gasteiger partial charge in [0.25, 0.3) is 5.91 Å². The fourth-order valence-corrected chi connectivity index (χ4v) is 2.99. The van der Waals surface area contributed by atoms with E-state index in [1.165, 1.54) is 12.1 Å². The lowest BCUT2D eigenvalue weighted by Crippen LogP contribution is -2.43. The van der Waals surface area contributed by atoms with Gasteiger partial charge < -0.3 is 14.7 Å². The number of ether oxygens (including phenoxy) is 1. The highest BCUT2D eigenvalue weighted by Gasteiger charge is 2.28. The molecule has 5 heteroatoms. The zero-order valence-electron chi connectivity index (χ0n) is 14.0. The van der Waals surface area contributed by atoms with E-state index in [4.69, 9.17) is 4.74 Å². The van der Waals surface area contributed by atoms with Gasteiger partial charge in [0.2, 0.25) is 0 Å². The summed E-state index contributed by atoms with van der Waals surface area (Å²) in [5.41, 5.74) is 1.54. The Kier molecular flexibility index (Phi) is 5.79. The summed E-state index contributed by atoms with van der Waals surface area (Å²) in [5.74, 6) is -0.518. The van der Waals surface area contributed by atoms with Gasteiger partial charge in [0.15, 0.2) is 6.10 Å². The van der Waals surface area contributed by atoms with Crippen LogP contribution in [0.15, 0.2) is 54.6 Å². The Morgan fingerprint density at radius 3 is 2.40 bits per heavy atom. The summed E-state index contributed by atoms with van der Waals surface area (Å²) in [6.45, 7) is 1.57. The second-order valence-electron chi connectivity index (χ2n) is 6.28. The maximum absolute atomic E-state index is 12.9. The quantitative estimate of drug-likeness (QED) is 0.908. The summed E-state index contributed by atoms with van der Waals surface area (Å²) in [6, 6.07) is 15.2. The molecule has 0 spiro atoms. The molecule has 3 rings (SSSR count). The Hall–Kier alpha value is -2.24. The van der Waals surface area contributed by atoms with Crippen LogP contribution in [0, 0.1) is 5.82 Å². The van der Waals surface area contributed by atoms with E-state index < -0.39 is 6.10 Å². The third kappa shape index (κ3) is 4.65. The van der Waals surface area contributed by atoms with Crippen LogP contribution in [0.5, 0.6) is 0 Å². The molecule has 0 radical (unpaired) electrons. The highest BCUT2D eigenvalue weighted by molar-refractivity contribution is 5.82. The number of amides is 1. The van der Waals surface area contributed by atoms with Crippen molar-refractivity contribution in [2.75, 3.05) is 13.1 Å². The van der Waals surface area contributed by atoms with Crippen molar-refractivity contribution in [1.29, 1.82) is 0 Å². The summed E-state index contributed by atoms with van der Waals surface area (Å²) in [6.07, 6.45) is 0.420. The zero-order valence-corrected chi connectivity index (χ0v) is 14.0. The third-order valence-electron chi connectivity index (χ3n) is 4.50. The smallest absolute Gasteiger partial charge is 0.256 e. The second kappa shape index (κ2) is 8.23. The number of carbonyl (C=O) groups excluding carboxylic acids is 1. The number of nitrogens with zero attached hydrogens (tertiary/aromatic N) is 1. The number of halogens is 1. The lowest BCUT2D eigenvalue weighted by atomic mass is 10.0. The van der Waals surface area contributed by atoms with Gasteiger partial charge >= 0.3 is 0 Å². The van der Waals surface area contributed by atoms with Crippen molar-refractivity contribution in [1.82, 2.24) is 4.90 Å². The van der Waals surface area contributed by atoms with Crippen LogP contribution in [-0.2, 0) is 16.1 Å². The molecule has 1 aliphatic rings. The van der Waals surface area contributed by atoms with Gasteiger partial charge in [-0.3, -0.25) is 4.79 Å². The van der Waals surface area contributed by atoms with E-state index in [0.29, 0.717) is 25.3 Å². The van der Waals surface area contributed by atoms with E-state index in [9.17, 15) is 14.3 Å². The number of hydrogen-bond donors (Lipinski definition) is 1. The van der Waals surface area contributed by atoms with Crippen LogP contribution in [0.3, 0.4) is 0 Å². The molecule has 0 unspecified atom stereocenters. The minimum absolute atomic E-state index is 0.0722. The molecule has 1 atom stereocenters. The van der Waals surface area contributed by atoms with Gasteiger partial charge in [0.05, 0.1) is 12.7 Å². The molecule has 1 saturated heterocycles. The van der Waals surface area contributed by atoms with Crippen molar-refractivity contribution in [3.8, 4) is 0 Å². The summed E-state index contributed by atoms with van der Waals surface area (Å²) < 4.78 is 18.7. The molecule has 1 fully saturated rings. The number of rotatable bonds is 5. The van der Waals surface area contributed by atoms with E-state index in [0.717, 1.165) is 18.4 Å². The van der Waals surface area contributed by atoms with Gasteiger partial charge in [-0.2, -0.15) is 0 Å². The van der Waals surface area contributed by atoms with Gasteiger partial charge in [-0.1, -0.05) is 42.5 Å². The maximum atomic E-state index is 12.9. The fourth-order valence-electron chi connectivity index (χ4n) is 2.99. The van der Waals surface area contributed by atoms with Crippen LogP contribution < -0.4 is 0 Å². The number of benzene rings is 2. The van der Waals surface area contributed by atoms with Gasteiger partial charge in [-0.05, 0) is 36.1 Å². The van der Waals surface area contributed by atoms with Crippen LogP contribution in [-0.4, -0.2) is 35.1 Å². The highest BCUT2D eigenvalue weighted by atomic mass is 19.1. The first-order valence-corrected chi connectivity index (χ1v) is 8.51. The first kappa shape index (κ1) is 17.6.